The van der Waals surface area contributed by atoms with Gasteiger partial charge in [0.1, 0.15) is 23.0 Å². The van der Waals surface area contributed by atoms with Crippen molar-refractivity contribution in [3.8, 4) is 5.75 Å². The fourth-order valence-corrected chi connectivity index (χ4v) is 2.85. The number of carbonyl (C=O) groups excluding carboxylic acids is 1. The maximum atomic E-state index is 12.2. The summed E-state index contributed by atoms with van der Waals surface area (Å²) in [4.78, 5) is 17.8. The number of nitrogens with two attached hydrogens (primary N) is 1. The van der Waals surface area contributed by atoms with E-state index in [1.165, 1.54) is 6.08 Å². The molecule has 1 aromatic carbocycles. The predicted molar refractivity (Wildman–Crippen MR) is 94.8 cm³/mol. The number of amides is 1. The molecule has 24 heavy (non-hydrogen) atoms. The second-order valence-corrected chi connectivity index (χ2v) is 6.13. The quantitative estimate of drug-likeness (QED) is 0.684. The monoisotopic (exact) mass is 343 g/mol. The Balaban J connectivity index is 1.60. The van der Waals surface area contributed by atoms with Crippen LogP contribution in [-0.2, 0) is 4.79 Å². The molecule has 1 aliphatic heterocycles. The van der Waals surface area contributed by atoms with Crippen molar-refractivity contribution in [1.82, 2.24) is 9.88 Å². The van der Waals surface area contributed by atoms with E-state index in [1.54, 1.807) is 36.4 Å². The van der Waals surface area contributed by atoms with Gasteiger partial charge in [0.05, 0.1) is 6.54 Å². The summed E-state index contributed by atoms with van der Waals surface area (Å²) < 4.78 is 5.84. The summed E-state index contributed by atoms with van der Waals surface area (Å²) in [5.74, 6) is 1.10. The van der Waals surface area contributed by atoms with Crippen LogP contribution in [0.3, 0.4) is 0 Å². The molecule has 0 saturated heterocycles. The zero-order valence-electron chi connectivity index (χ0n) is 13.2. The second-order valence-electron chi connectivity index (χ2n) is 5.66. The minimum atomic E-state index is -0.262. The van der Waals surface area contributed by atoms with E-state index < -0.39 is 0 Å². The van der Waals surface area contributed by atoms with Gasteiger partial charge in [-0.1, -0.05) is 18.2 Å². The van der Waals surface area contributed by atoms with Gasteiger partial charge < -0.3 is 15.4 Å². The lowest BCUT2D eigenvalue weighted by molar-refractivity contribution is -0.125. The number of rotatable bonds is 4. The van der Waals surface area contributed by atoms with Gasteiger partial charge in [-0.2, -0.15) is 0 Å². The lowest BCUT2D eigenvalue weighted by Crippen LogP contribution is -2.36. The summed E-state index contributed by atoms with van der Waals surface area (Å²) in [6.45, 7) is 0.409. The molecular formula is C18H18ClN3O2. The normalized spacial score (nSPS) is 19.1. The third-order valence-electron chi connectivity index (χ3n) is 3.88. The second kappa shape index (κ2) is 6.93. The summed E-state index contributed by atoms with van der Waals surface area (Å²) >= 11 is 6.44. The molecule has 2 atom stereocenters. The smallest absolute Gasteiger partial charge is 0.246 e. The molecule has 0 spiro atoms. The number of carbonyl (C=O) groups is 1. The molecule has 2 heterocycles. The highest BCUT2D eigenvalue weighted by molar-refractivity contribution is 6.21. The summed E-state index contributed by atoms with van der Waals surface area (Å²) in [7, 11) is 1.73. The zero-order chi connectivity index (χ0) is 17.1. The van der Waals surface area contributed by atoms with Crippen molar-refractivity contribution in [3.63, 3.8) is 0 Å². The molecule has 0 saturated carbocycles. The van der Waals surface area contributed by atoms with E-state index in [0.717, 1.165) is 16.9 Å². The number of nitrogens with zero attached hydrogens (tertiary/aromatic N) is 2. The number of anilines is 1. The highest BCUT2D eigenvalue weighted by Gasteiger charge is 2.33. The van der Waals surface area contributed by atoms with Crippen LogP contribution in [0.4, 0.5) is 5.82 Å². The van der Waals surface area contributed by atoms with Crippen LogP contribution in [0.15, 0.2) is 48.7 Å². The number of halogens is 1. The van der Waals surface area contributed by atoms with E-state index in [0.29, 0.717) is 12.4 Å². The number of benzene rings is 1. The van der Waals surface area contributed by atoms with E-state index in [1.807, 2.05) is 24.3 Å². The van der Waals surface area contributed by atoms with E-state index in [2.05, 4.69) is 4.98 Å². The number of para-hydroxylation sites is 1. The first-order valence-electron chi connectivity index (χ1n) is 7.59. The topological polar surface area (TPSA) is 68.5 Å². The van der Waals surface area contributed by atoms with Crippen molar-refractivity contribution in [2.45, 2.75) is 11.5 Å². The molecule has 1 amide bonds. The van der Waals surface area contributed by atoms with Crippen LogP contribution < -0.4 is 10.5 Å². The number of pyridine rings is 1. The first-order valence-corrected chi connectivity index (χ1v) is 8.02. The Hall–Kier alpha value is -2.53. The number of hydrogen-bond acceptors (Lipinski definition) is 4. The number of likely N-dealkylation sites (N-methyl/N-ethyl adjacent to an activating group) is 1. The van der Waals surface area contributed by atoms with Gasteiger partial charge >= 0.3 is 0 Å². The number of ether oxygens (including phenoxy) is 1. The molecule has 0 radical (unpaired) electrons. The molecule has 124 valence electrons. The number of hydrogen-bond donors (Lipinski definition) is 1. The first kappa shape index (κ1) is 16.3. The Labute approximate surface area is 145 Å². The Morgan fingerprint density at radius 2 is 2.17 bits per heavy atom. The van der Waals surface area contributed by atoms with Gasteiger partial charge in [0.2, 0.25) is 5.91 Å². The Bertz CT molecular complexity index is 761. The maximum absolute atomic E-state index is 12.2. The molecule has 2 unspecified atom stereocenters. The van der Waals surface area contributed by atoms with Crippen LogP contribution in [0, 0.1) is 0 Å². The average molecular weight is 344 g/mol. The van der Waals surface area contributed by atoms with Crippen molar-refractivity contribution in [3.05, 3.63) is 59.8 Å². The fourth-order valence-electron chi connectivity index (χ4n) is 2.54. The maximum Gasteiger partial charge on any atom is 0.246 e. The molecule has 0 bridgehead atoms. The average Bonchev–Trinajstić information content (AvgIpc) is 2.90. The molecule has 6 heteroatoms. The van der Waals surface area contributed by atoms with Crippen LogP contribution in [0.25, 0.3) is 6.08 Å². The lowest BCUT2D eigenvalue weighted by atomic mass is 10.1. The molecule has 2 N–H and O–H groups in total. The molecule has 0 fully saturated rings. The Kier molecular flexibility index (Phi) is 4.71. The lowest BCUT2D eigenvalue weighted by Gasteiger charge is -2.21. The summed E-state index contributed by atoms with van der Waals surface area (Å²) in [6.07, 6.45) is 4.56. The SMILES string of the molecule is CN(CC1Oc2ccccc2C1Cl)C(=O)/C=C/c1ccc(N)nc1. The molecule has 0 aliphatic carbocycles. The van der Waals surface area contributed by atoms with Crippen LogP contribution in [-0.4, -0.2) is 35.5 Å². The number of alkyl halides is 1. The van der Waals surface area contributed by atoms with Crippen molar-refractivity contribution in [2.75, 3.05) is 19.3 Å². The van der Waals surface area contributed by atoms with Crippen molar-refractivity contribution in [1.29, 1.82) is 0 Å². The van der Waals surface area contributed by atoms with Gasteiger partial charge in [-0.15, -0.1) is 11.6 Å². The van der Waals surface area contributed by atoms with Crippen LogP contribution in [0.5, 0.6) is 5.75 Å². The highest BCUT2D eigenvalue weighted by Crippen LogP contribution is 2.40. The van der Waals surface area contributed by atoms with Crippen molar-refractivity contribution in [2.24, 2.45) is 0 Å². The van der Waals surface area contributed by atoms with Crippen molar-refractivity contribution >= 4 is 29.4 Å². The Morgan fingerprint density at radius 3 is 2.88 bits per heavy atom. The van der Waals surface area contributed by atoms with E-state index in [-0.39, 0.29) is 17.4 Å². The molecular weight excluding hydrogens is 326 g/mol. The summed E-state index contributed by atoms with van der Waals surface area (Å²) in [5, 5.41) is -0.262. The van der Waals surface area contributed by atoms with Gasteiger partial charge in [-0.25, -0.2) is 4.98 Å². The molecule has 3 rings (SSSR count). The van der Waals surface area contributed by atoms with E-state index in [9.17, 15) is 4.79 Å². The third-order valence-corrected chi connectivity index (χ3v) is 4.39. The van der Waals surface area contributed by atoms with Crippen LogP contribution in [0.2, 0.25) is 0 Å². The number of aromatic nitrogens is 1. The number of fused-ring (bicyclic) bond motifs is 1. The van der Waals surface area contributed by atoms with Gasteiger partial charge in [-0.05, 0) is 29.8 Å². The minimum Gasteiger partial charge on any atom is -0.486 e. The zero-order valence-corrected chi connectivity index (χ0v) is 14.0. The van der Waals surface area contributed by atoms with Crippen molar-refractivity contribution < 1.29 is 9.53 Å². The first-order chi connectivity index (χ1) is 11.5. The van der Waals surface area contributed by atoms with Gasteiger partial charge in [0, 0.05) is 24.9 Å². The van der Waals surface area contributed by atoms with E-state index in [4.69, 9.17) is 22.1 Å². The summed E-state index contributed by atoms with van der Waals surface area (Å²) in [6, 6.07) is 11.2. The van der Waals surface area contributed by atoms with Gasteiger partial charge in [0.25, 0.3) is 0 Å². The highest BCUT2D eigenvalue weighted by atomic mass is 35.5. The Morgan fingerprint density at radius 1 is 1.38 bits per heavy atom. The fraction of sp³-hybridized carbons (Fsp3) is 0.222. The number of nitrogen functional groups attached to an aromatic ring is 1. The summed E-state index contributed by atoms with van der Waals surface area (Å²) in [5.41, 5.74) is 7.31. The van der Waals surface area contributed by atoms with Gasteiger partial charge in [0.15, 0.2) is 0 Å². The molecule has 5 nitrogen and oxygen atoms in total. The standard InChI is InChI=1S/C18H18ClN3O2/c1-22(17(23)9-7-12-6-8-16(20)21-10-12)11-15-18(19)13-4-2-3-5-14(13)24-15/h2-10,15,18H,11H2,1H3,(H2,20,21)/b9-7+. The van der Waals surface area contributed by atoms with Gasteiger partial charge in [-0.3, -0.25) is 4.79 Å². The van der Waals surface area contributed by atoms with E-state index >= 15 is 0 Å². The predicted octanol–water partition coefficient (Wildman–Crippen LogP) is 2.88. The molecule has 1 aliphatic rings. The van der Waals surface area contributed by atoms with Crippen LogP contribution >= 0.6 is 11.6 Å². The van der Waals surface area contributed by atoms with Crippen LogP contribution in [0.1, 0.15) is 16.5 Å². The third kappa shape index (κ3) is 3.51. The minimum absolute atomic E-state index is 0.129. The largest absolute Gasteiger partial charge is 0.486 e. The molecule has 2 aromatic rings. The molecule has 1 aromatic heterocycles.